The summed E-state index contributed by atoms with van der Waals surface area (Å²) in [5, 5.41) is 6.57. The van der Waals surface area contributed by atoms with E-state index in [0.29, 0.717) is 35.5 Å². The Labute approximate surface area is 186 Å². The lowest BCUT2D eigenvalue weighted by atomic mass is 9.86. The van der Waals surface area contributed by atoms with Crippen LogP contribution in [0.3, 0.4) is 0 Å². The third-order valence-electron chi connectivity index (χ3n) is 6.88. The third kappa shape index (κ3) is 4.26. The molecule has 7 heteroatoms. The van der Waals surface area contributed by atoms with E-state index < -0.39 is 0 Å². The minimum absolute atomic E-state index is 0.290. The van der Waals surface area contributed by atoms with Crippen molar-refractivity contribution >= 4 is 29.2 Å². The number of amides is 1. The molecule has 4 atom stereocenters. The second kappa shape index (κ2) is 8.50. The Kier molecular flexibility index (Phi) is 5.57. The molecule has 5 rings (SSSR count). The van der Waals surface area contributed by atoms with Crippen molar-refractivity contribution in [1.29, 1.82) is 0 Å². The molecular weight excluding hydrogens is 416 g/mol. The molecule has 1 aromatic carbocycles. The van der Waals surface area contributed by atoms with Crippen LogP contribution < -0.4 is 0 Å². The summed E-state index contributed by atoms with van der Waals surface area (Å²) in [7, 11) is 0. The second-order valence-electron chi connectivity index (χ2n) is 8.83. The van der Waals surface area contributed by atoms with Crippen LogP contribution in [0.5, 0.6) is 0 Å². The molecule has 0 N–H and O–H groups in total. The molecule has 0 radical (unpaired) electrons. The predicted octanol–water partition coefficient (Wildman–Crippen LogP) is 4.98. The number of benzene rings is 1. The highest BCUT2D eigenvalue weighted by molar-refractivity contribution is 6.30. The number of carbonyl (C=O) groups excluding carboxylic acids is 2. The van der Waals surface area contributed by atoms with Gasteiger partial charge in [-0.25, -0.2) is 5.01 Å². The Hall–Kier alpha value is -2.60. The summed E-state index contributed by atoms with van der Waals surface area (Å²) >= 11 is 5.99. The molecule has 3 aliphatic rings. The van der Waals surface area contributed by atoms with Crippen molar-refractivity contribution in [2.45, 2.75) is 44.6 Å². The molecule has 1 aliphatic heterocycles. The third-order valence-corrected chi connectivity index (χ3v) is 7.14. The second-order valence-corrected chi connectivity index (χ2v) is 9.26. The molecule has 2 fully saturated rings. The molecule has 2 heterocycles. The number of hydrogen-bond donors (Lipinski definition) is 0. The van der Waals surface area contributed by atoms with E-state index in [1.807, 2.05) is 18.2 Å². The molecule has 31 heavy (non-hydrogen) atoms. The Bertz CT molecular complexity index is 986. The van der Waals surface area contributed by atoms with Crippen LogP contribution in [-0.4, -0.2) is 29.2 Å². The topological polar surface area (TPSA) is 72.1 Å². The number of ether oxygens (including phenoxy) is 1. The van der Waals surface area contributed by atoms with E-state index in [2.05, 4.69) is 5.10 Å². The van der Waals surface area contributed by atoms with Crippen LogP contribution in [-0.2, 0) is 14.3 Å². The first-order chi connectivity index (χ1) is 15.1. The molecule has 2 saturated carbocycles. The van der Waals surface area contributed by atoms with Gasteiger partial charge in [0, 0.05) is 17.9 Å². The molecular formula is C24H25ClN2O4. The highest BCUT2D eigenvalue weighted by Crippen LogP contribution is 2.49. The van der Waals surface area contributed by atoms with E-state index in [4.69, 9.17) is 20.8 Å². The summed E-state index contributed by atoms with van der Waals surface area (Å²) in [5.74, 6) is 1.85. The summed E-state index contributed by atoms with van der Waals surface area (Å²) in [6.07, 6.45) is 7.39. The molecule has 6 nitrogen and oxygen atoms in total. The maximum atomic E-state index is 12.9. The van der Waals surface area contributed by atoms with Crippen molar-refractivity contribution in [3.8, 4) is 0 Å². The SMILES string of the molecule is O=C(C[C@H]1C[C@H]2CC[C@H]1C2)OCC(=O)N1N=C(c2ccc(Cl)cc2)C[C@H]1c1ccco1. The summed E-state index contributed by atoms with van der Waals surface area (Å²) in [6, 6.07) is 10.6. The zero-order chi connectivity index (χ0) is 21.4. The molecule has 162 valence electrons. The number of rotatable bonds is 6. The number of fused-ring (bicyclic) bond motifs is 2. The normalized spacial score (nSPS) is 26.9. The van der Waals surface area contributed by atoms with Crippen molar-refractivity contribution in [2.75, 3.05) is 6.61 Å². The van der Waals surface area contributed by atoms with E-state index >= 15 is 0 Å². The van der Waals surface area contributed by atoms with Crippen LogP contribution >= 0.6 is 11.6 Å². The fourth-order valence-electron chi connectivity index (χ4n) is 5.37. The van der Waals surface area contributed by atoms with Crippen LogP contribution in [0.1, 0.15) is 55.9 Å². The van der Waals surface area contributed by atoms with Gasteiger partial charge in [-0.15, -0.1) is 0 Å². The van der Waals surface area contributed by atoms with Crippen molar-refractivity contribution < 1.29 is 18.7 Å². The summed E-state index contributed by atoms with van der Waals surface area (Å²) in [5.41, 5.74) is 1.66. The van der Waals surface area contributed by atoms with Crippen molar-refractivity contribution in [1.82, 2.24) is 5.01 Å². The van der Waals surface area contributed by atoms with Crippen LogP contribution in [0.25, 0.3) is 0 Å². The van der Waals surface area contributed by atoms with E-state index in [0.717, 1.165) is 23.6 Å². The lowest BCUT2D eigenvalue weighted by molar-refractivity contribution is -0.154. The highest BCUT2D eigenvalue weighted by atomic mass is 35.5. The maximum Gasteiger partial charge on any atom is 0.306 e. The number of hydrogen-bond acceptors (Lipinski definition) is 5. The number of halogens is 1. The first kappa shape index (κ1) is 20.3. The first-order valence-corrected chi connectivity index (χ1v) is 11.3. The van der Waals surface area contributed by atoms with Gasteiger partial charge in [0.25, 0.3) is 5.91 Å². The van der Waals surface area contributed by atoms with Gasteiger partial charge in [-0.2, -0.15) is 5.10 Å². The van der Waals surface area contributed by atoms with E-state index in [-0.39, 0.29) is 24.5 Å². The van der Waals surface area contributed by atoms with Gasteiger partial charge in [0.05, 0.1) is 12.0 Å². The Balaban J connectivity index is 1.24. The summed E-state index contributed by atoms with van der Waals surface area (Å²) < 4.78 is 10.9. The number of furan rings is 1. The molecule has 0 unspecified atom stereocenters. The lowest BCUT2D eigenvalue weighted by Crippen LogP contribution is -2.31. The molecule has 2 aliphatic carbocycles. The smallest absolute Gasteiger partial charge is 0.306 e. The molecule has 0 spiro atoms. The van der Waals surface area contributed by atoms with Gasteiger partial charge < -0.3 is 9.15 Å². The van der Waals surface area contributed by atoms with E-state index in [9.17, 15) is 9.59 Å². The monoisotopic (exact) mass is 440 g/mol. The van der Waals surface area contributed by atoms with Gasteiger partial charge in [0.15, 0.2) is 6.61 Å². The first-order valence-electron chi connectivity index (χ1n) is 10.9. The lowest BCUT2D eigenvalue weighted by Gasteiger charge is -2.21. The van der Waals surface area contributed by atoms with E-state index in [1.54, 1.807) is 24.5 Å². The van der Waals surface area contributed by atoms with E-state index in [1.165, 1.54) is 24.3 Å². The Morgan fingerprint density at radius 3 is 2.68 bits per heavy atom. The number of hydrazone groups is 1. The number of carbonyl (C=O) groups is 2. The zero-order valence-corrected chi connectivity index (χ0v) is 18.0. The highest BCUT2D eigenvalue weighted by Gasteiger charge is 2.41. The molecule has 0 saturated heterocycles. The average Bonchev–Trinajstić information content (AvgIpc) is 3.56. The minimum Gasteiger partial charge on any atom is -0.467 e. The average molecular weight is 441 g/mol. The maximum absolute atomic E-state index is 12.9. The molecule has 1 aromatic heterocycles. The largest absolute Gasteiger partial charge is 0.467 e. The zero-order valence-electron chi connectivity index (χ0n) is 17.2. The van der Waals surface area contributed by atoms with Gasteiger partial charge in [0.1, 0.15) is 11.8 Å². The van der Waals surface area contributed by atoms with Crippen LogP contribution in [0.15, 0.2) is 52.2 Å². The van der Waals surface area contributed by atoms with Crippen LogP contribution in [0.2, 0.25) is 5.02 Å². The van der Waals surface area contributed by atoms with Gasteiger partial charge in [0.2, 0.25) is 0 Å². The molecule has 2 aromatic rings. The minimum atomic E-state index is -0.363. The molecule has 2 bridgehead atoms. The van der Waals surface area contributed by atoms with Crippen LogP contribution in [0.4, 0.5) is 0 Å². The number of esters is 1. The number of nitrogens with zero attached hydrogens (tertiary/aromatic N) is 2. The predicted molar refractivity (Wildman–Crippen MR) is 115 cm³/mol. The van der Waals surface area contributed by atoms with Crippen molar-refractivity contribution in [3.63, 3.8) is 0 Å². The van der Waals surface area contributed by atoms with Gasteiger partial charge >= 0.3 is 5.97 Å². The Morgan fingerprint density at radius 2 is 2.00 bits per heavy atom. The fourth-order valence-corrected chi connectivity index (χ4v) is 5.49. The summed E-state index contributed by atoms with van der Waals surface area (Å²) in [6.45, 7) is -0.311. The Morgan fingerprint density at radius 1 is 1.16 bits per heavy atom. The van der Waals surface area contributed by atoms with Gasteiger partial charge in [-0.1, -0.05) is 30.2 Å². The van der Waals surface area contributed by atoms with Gasteiger partial charge in [-0.05, 0) is 66.8 Å². The standard InChI is InChI=1S/C24H25ClN2O4/c25-19-7-5-16(6-8-19)20-13-21(22-2-1-9-30-22)27(26-20)23(28)14-31-24(29)12-18-11-15-3-4-17(18)10-15/h1-2,5-9,15,17-18,21H,3-4,10-14H2/t15-,17-,18+,21-/m0/s1. The summed E-state index contributed by atoms with van der Waals surface area (Å²) in [4.78, 5) is 25.3. The van der Waals surface area contributed by atoms with Crippen molar-refractivity contribution in [2.24, 2.45) is 22.9 Å². The quantitative estimate of drug-likeness (QED) is 0.594. The fraction of sp³-hybridized carbons (Fsp3) is 0.458. The van der Waals surface area contributed by atoms with Crippen LogP contribution in [0, 0.1) is 17.8 Å². The van der Waals surface area contributed by atoms with Gasteiger partial charge in [-0.3, -0.25) is 9.59 Å². The van der Waals surface area contributed by atoms with Crippen molar-refractivity contribution in [3.05, 3.63) is 59.0 Å². The molecule has 1 amide bonds.